The third kappa shape index (κ3) is 4.78. The number of aromatic nitrogens is 2. The van der Waals surface area contributed by atoms with E-state index < -0.39 is 0 Å². The van der Waals surface area contributed by atoms with Crippen molar-refractivity contribution in [3.8, 4) is 0 Å². The van der Waals surface area contributed by atoms with Gasteiger partial charge in [-0.2, -0.15) is 0 Å². The number of nitrogens with zero attached hydrogens (tertiary/aromatic N) is 2. The summed E-state index contributed by atoms with van der Waals surface area (Å²) < 4.78 is 0. The summed E-state index contributed by atoms with van der Waals surface area (Å²) in [5.74, 6) is 1.63. The Labute approximate surface area is 114 Å². The molecule has 0 saturated heterocycles. The van der Waals surface area contributed by atoms with Gasteiger partial charge in [0, 0.05) is 25.1 Å². The zero-order valence-electron chi connectivity index (χ0n) is 11.2. The molecule has 0 spiro atoms. The van der Waals surface area contributed by atoms with Gasteiger partial charge in [-0.05, 0) is 32.6 Å². The van der Waals surface area contributed by atoms with E-state index in [1.807, 2.05) is 6.92 Å². The zero-order valence-corrected chi connectivity index (χ0v) is 11.9. The molecule has 0 saturated carbocycles. The lowest BCUT2D eigenvalue weighted by molar-refractivity contribution is 0.283. The minimum absolute atomic E-state index is 0.263. The van der Waals surface area contributed by atoms with Crippen LogP contribution >= 0.6 is 11.6 Å². The highest BCUT2D eigenvalue weighted by atomic mass is 35.5. The van der Waals surface area contributed by atoms with Crippen LogP contribution in [0.15, 0.2) is 0 Å². The SMILES string of the molecule is CCCc1nc(Cl)c(C)c(NCCCCCO)n1. The van der Waals surface area contributed by atoms with Crippen LogP contribution in [0.3, 0.4) is 0 Å². The summed E-state index contributed by atoms with van der Waals surface area (Å²) in [6, 6.07) is 0. The summed E-state index contributed by atoms with van der Waals surface area (Å²) in [5, 5.41) is 12.5. The van der Waals surface area contributed by atoms with Crippen molar-refractivity contribution in [1.82, 2.24) is 9.97 Å². The Morgan fingerprint density at radius 3 is 2.67 bits per heavy atom. The van der Waals surface area contributed by atoms with E-state index in [0.717, 1.165) is 55.9 Å². The van der Waals surface area contributed by atoms with Gasteiger partial charge in [0.2, 0.25) is 0 Å². The Balaban J connectivity index is 2.57. The number of nitrogens with one attached hydrogen (secondary N) is 1. The first-order valence-corrected chi connectivity index (χ1v) is 6.94. The van der Waals surface area contributed by atoms with Gasteiger partial charge in [0.25, 0.3) is 0 Å². The van der Waals surface area contributed by atoms with E-state index in [1.54, 1.807) is 0 Å². The summed E-state index contributed by atoms with van der Waals surface area (Å²) in [5.41, 5.74) is 0.902. The van der Waals surface area contributed by atoms with Crippen LogP contribution < -0.4 is 5.32 Å². The number of hydrogen-bond donors (Lipinski definition) is 2. The quantitative estimate of drug-likeness (QED) is 0.564. The van der Waals surface area contributed by atoms with Crippen molar-refractivity contribution in [2.75, 3.05) is 18.5 Å². The first-order valence-electron chi connectivity index (χ1n) is 6.56. The van der Waals surface area contributed by atoms with Crippen LogP contribution in [0, 0.1) is 6.92 Å². The molecule has 0 bridgehead atoms. The number of rotatable bonds is 8. The normalized spacial score (nSPS) is 10.7. The Morgan fingerprint density at radius 1 is 1.22 bits per heavy atom. The van der Waals surface area contributed by atoms with Gasteiger partial charge in [0.1, 0.15) is 16.8 Å². The van der Waals surface area contributed by atoms with Crippen LogP contribution in [0.2, 0.25) is 5.15 Å². The molecule has 102 valence electrons. The predicted octanol–water partition coefficient (Wildman–Crippen LogP) is 2.97. The molecule has 2 N–H and O–H groups in total. The van der Waals surface area contributed by atoms with E-state index in [0.29, 0.717) is 5.15 Å². The van der Waals surface area contributed by atoms with Crippen LogP contribution in [-0.2, 0) is 6.42 Å². The van der Waals surface area contributed by atoms with Crippen molar-refractivity contribution < 1.29 is 5.11 Å². The van der Waals surface area contributed by atoms with Crippen molar-refractivity contribution in [3.05, 3.63) is 16.5 Å². The molecule has 0 amide bonds. The van der Waals surface area contributed by atoms with Crippen LogP contribution in [0.4, 0.5) is 5.82 Å². The Morgan fingerprint density at radius 2 is 2.00 bits per heavy atom. The number of hydrogen-bond acceptors (Lipinski definition) is 4. The number of unbranched alkanes of at least 4 members (excludes halogenated alkanes) is 2. The zero-order chi connectivity index (χ0) is 13.4. The number of aliphatic hydroxyl groups is 1. The first-order chi connectivity index (χ1) is 8.69. The van der Waals surface area contributed by atoms with Crippen LogP contribution in [0.1, 0.15) is 44.0 Å². The fraction of sp³-hybridized carbons (Fsp3) is 0.692. The second-order valence-electron chi connectivity index (χ2n) is 4.37. The Kier molecular flexibility index (Phi) is 6.98. The molecule has 0 aromatic carbocycles. The molecule has 5 heteroatoms. The molecule has 0 unspecified atom stereocenters. The van der Waals surface area contributed by atoms with Crippen LogP contribution in [-0.4, -0.2) is 28.2 Å². The fourth-order valence-corrected chi connectivity index (χ4v) is 1.85. The number of aliphatic hydroxyl groups excluding tert-OH is 1. The van der Waals surface area contributed by atoms with E-state index in [1.165, 1.54) is 0 Å². The van der Waals surface area contributed by atoms with Gasteiger partial charge in [-0.25, -0.2) is 9.97 Å². The van der Waals surface area contributed by atoms with Gasteiger partial charge in [0.05, 0.1) is 0 Å². The Hall–Kier alpha value is -0.870. The maximum atomic E-state index is 8.70. The maximum absolute atomic E-state index is 8.70. The predicted molar refractivity (Wildman–Crippen MR) is 75.2 cm³/mol. The molecule has 0 aliphatic carbocycles. The molecule has 0 radical (unpaired) electrons. The van der Waals surface area contributed by atoms with Gasteiger partial charge < -0.3 is 10.4 Å². The highest BCUT2D eigenvalue weighted by molar-refractivity contribution is 6.30. The molecular weight excluding hydrogens is 250 g/mol. The second kappa shape index (κ2) is 8.27. The number of halogens is 1. The van der Waals surface area contributed by atoms with Crippen molar-refractivity contribution >= 4 is 17.4 Å². The smallest absolute Gasteiger partial charge is 0.137 e. The summed E-state index contributed by atoms with van der Waals surface area (Å²) in [6.45, 7) is 5.13. The number of aryl methyl sites for hydroxylation is 1. The molecule has 0 fully saturated rings. The van der Waals surface area contributed by atoms with Crippen molar-refractivity contribution in [2.24, 2.45) is 0 Å². The molecule has 1 rings (SSSR count). The highest BCUT2D eigenvalue weighted by Gasteiger charge is 2.08. The van der Waals surface area contributed by atoms with Crippen LogP contribution in [0.5, 0.6) is 0 Å². The summed E-state index contributed by atoms with van der Waals surface area (Å²) in [4.78, 5) is 8.75. The highest BCUT2D eigenvalue weighted by Crippen LogP contribution is 2.20. The van der Waals surface area contributed by atoms with Gasteiger partial charge in [-0.3, -0.25) is 0 Å². The minimum atomic E-state index is 0.263. The van der Waals surface area contributed by atoms with Gasteiger partial charge in [-0.1, -0.05) is 18.5 Å². The Bertz CT molecular complexity index is 371. The number of anilines is 1. The van der Waals surface area contributed by atoms with E-state index in [-0.39, 0.29) is 6.61 Å². The van der Waals surface area contributed by atoms with E-state index in [9.17, 15) is 0 Å². The largest absolute Gasteiger partial charge is 0.396 e. The van der Waals surface area contributed by atoms with Crippen molar-refractivity contribution in [3.63, 3.8) is 0 Å². The van der Waals surface area contributed by atoms with Crippen molar-refractivity contribution in [1.29, 1.82) is 0 Å². The summed E-state index contributed by atoms with van der Waals surface area (Å²) >= 11 is 6.09. The van der Waals surface area contributed by atoms with E-state index >= 15 is 0 Å². The minimum Gasteiger partial charge on any atom is -0.396 e. The molecule has 1 aromatic rings. The molecule has 1 heterocycles. The molecule has 0 aliphatic heterocycles. The van der Waals surface area contributed by atoms with Crippen LogP contribution in [0.25, 0.3) is 0 Å². The second-order valence-corrected chi connectivity index (χ2v) is 4.72. The summed E-state index contributed by atoms with van der Waals surface area (Å²) in [6.07, 6.45) is 4.74. The van der Waals surface area contributed by atoms with Crippen molar-refractivity contribution in [2.45, 2.75) is 46.0 Å². The third-order valence-electron chi connectivity index (χ3n) is 2.73. The first kappa shape index (κ1) is 15.2. The third-order valence-corrected chi connectivity index (χ3v) is 3.10. The lowest BCUT2D eigenvalue weighted by atomic mass is 10.2. The van der Waals surface area contributed by atoms with Gasteiger partial charge >= 0.3 is 0 Å². The maximum Gasteiger partial charge on any atom is 0.137 e. The van der Waals surface area contributed by atoms with E-state index in [2.05, 4.69) is 22.2 Å². The summed E-state index contributed by atoms with van der Waals surface area (Å²) in [7, 11) is 0. The molecule has 0 aliphatic rings. The molecule has 18 heavy (non-hydrogen) atoms. The lowest BCUT2D eigenvalue weighted by Gasteiger charge is -2.11. The molecule has 4 nitrogen and oxygen atoms in total. The van der Waals surface area contributed by atoms with E-state index in [4.69, 9.17) is 16.7 Å². The van der Waals surface area contributed by atoms with Gasteiger partial charge in [-0.15, -0.1) is 0 Å². The molecular formula is C13H22ClN3O. The molecule has 0 atom stereocenters. The average Bonchev–Trinajstić information content (AvgIpc) is 2.35. The standard InChI is InChI=1S/C13H22ClN3O/c1-3-7-11-16-12(14)10(2)13(17-11)15-8-5-4-6-9-18/h18H,3-9H2,1-2H3,(H,15,16,17). The molecule has 1 aromatic heterocycles. The van der Waals surface area contributed by atoms with Gasteiger partial charge in [0.15, 0.2) is 0 Å². The monoisotopic (exact) mass is 271 g/mol. The topological polar surface area (TPSA) is 58.0 Å². The lowest BCUT2D eigenvalue weighted by Crippen LogP contribution is -2.08. The average molecular weight is 272 g/mol. The fourth-order valence-electron chi connectivity index (χ4n) is 1.66.